The van der Waals surface area contributed by atoms with E-state index in [-0.39, 0.29) is 18.1 Å². The topological polar surface area (TPSA) is 110 Å². The van der Waals surface area contributed by atoms with Crippen molar-refractivity contribution in [3.8, 4) is 0 Å². The quantitative estimate of drug-likeness (QED) is 0.441. The maximum atomic E-state index is 11.9. The van der Waals surface area contributed by atoms with Gasteiger partial charge in [0.25, 0.3) is 11.6 Å². The highest BCUT2D eigenvalue weighted by atomic mass is 16.6. The Hall–Kier alpha value is -2.93. The maximum absolute atomic E-state index is 11.9. The molecule has 0 radical (unpaired) electrons. The molecule has 0 saturated heterocycles. The number of nitrogens with one attached hydrogen (secondary N) is 2. The van der Waals surface area contributed by atoms with Gasteiger partial charge < -0.3 is 10.7 Å². The van der Waals surface area contributed by atoms with Gasteiger partial charge >= 0.3 is 0 Å². The van der Waals surface area contributed by atoms with Crippen LogP contribution in [-0.2, 0) is 6.54 Å². The summed E-state index contributed by atoms with van der Waals surface area (Å²) in [6.07, 6.45) is 0. The Bertz CT molecular complexity index is 656. The number of anilines is 1. The molecule has 7 nitrogen and oxygen atoms in total. The Morgan fingerprint density at radius 1 is 1.19 bits per heavy atom. The molecule has 0 aromatic heterocycles. The van der Waals surface area contributed by atoms with Gasteiger partial charge in [-0.1, -0.05) is 12.1 Å². The Balaban J connectivity index is 2.00. The van der Waals surface area contributed by atoms with E-state index in [1.54, 1.807) is 36.4 Å². The lowest BCUT2D eigenvalue weighted by molar-refractivity contribution is -0.384. The van der Waals surface area contributed by atoms with Gasteiger partial charge in [0.1, 0.15) is 0 Å². The van der Waals surface area contributed by atoms with Gasteiger partial charge in [-0.3, -0.25) is 20.8 Å². The summed E-state index contributed by atoms with van der Waals surface area (Å²) in [5.41, 5.74) is 4.32. The van der Waals surface area contributed by atoms with Crippen LogP contribution >= 0.6 is 0 Å². The second-order valence-corrected chi connectivity index (χ2v) is 4.33. The normalized spacial score (nSPS) is 9.95. The molecule has 1 amide bonds. The second kappa shape index (κ2) is 6.49. The van der Waals surface area contributed by atoms with Crippen molar-refractivity contribution in [2.75, 3.05) is 5.43 Å². The number of hydrogen-bond acceptors (Lipinski definition) is 5. The summed E-state index contributed by atoms with van der Waals surface area (Å²) < 4.78 is 0. The van der Waals surface area contributed by atoms with E-state index < -0.39 is 4.92 Å². The molecule has 0 spiro atoms. The number of amides is 1. The first-order valence-electron chi connectivity index (χ1n) is 6.18. The van der Waals surface area contributed by atoms with Crippen molar-refractivity contribution in [1.82, 2.24) is 5.32 Å². The largest absolute Gasteiger partial charge is 0.348 e. The number of hydrogen-bond donors (Lipinski definition) is 3. The lowest BCUT2D eigenvalue weighted by Crippen LogP contribution is -2.22. The molecular weight excluding hydrogens is 272 g/mol. The minimum Gasteiger partial charge on any atom is -0.348 e. The number of benzene rings is 2. The summed E-state index contributed by atoms with van der Waals surface area (Å²) in [7, 11) is 0. The number of nitro benzene ring substituents is 1. The van der Waals surface area contributed by atoms with Crippen LogP contribution in [0.3, 0.4) is 0 Å². The van der Waals surface area contributed by atoms with Gasteiger partial charge in [0, 0.05) is 29.9 Å². The maximum Gasteiger partial charge on any atom is 0.269 e. The number of carbonyl (C=O) groups is 1. The third kappa shape index (κ3) is 3.77. The lowest BCUT2D eigenvalue weighted by atomic mass is 10.1. The van der Waals surface area contributed by atoms with Crippen LogP contribution in [0.15, 0.2) is 48.5 Å². The molecule has 0 aliphatic heterocycles. The first-order chi connectivity index (χ1) is 10.1. The minimum absolute atomic E-state index is 0.000113. The third-order valence-electron chi connectivity index (χ3n) is 2.89. The highest BCUT2D eigenvalue weighted by Crippen LogP contribution is 2.13. The van der Waals surface area contributed by atoms with Crippen molar-refractivity contribution in [1.29, 1.82) is 0 Å². The van der Waals surface area contributed by atoms with Gasteiger partial charge in [-0.05, 0) is 29.8 Å². The number of rotatable bonds is 5. The number of hydrazine groups is 1. The number of nitrogen functional groups attached to an aromatic ring is 1. The summed E-state index contributed by atoms with van der Waals surface area (Å²) in [6, 6.07) is 12.8. The summed E-state index contributed by atoms with van der Waals surface area (Å²) in [6.45, 7) is 0.220. The molecule has 108 valence electrons. The standard InChI is InChI=1S/C14H14N4O3/c15-17-12-6-4-11(5-7-12)14(19)16-9-10-2-1-3-13(8-10)18(20)21/h1-8,17H,9,15H2,(H,16,19). The number of carbonyl (C=O) groups excluding carboxylic acids is 1. The molecule has 2 aromatic carbocycles. The fourth-order valence-electron chi connectivity index (χ4n) is 1.78. The zero-order chi connectivity index (χ0) is 15.2. The lowest BCUT2D eigenvalue weighted by Gasteiger charge is -2.06. The van der Waals surface area contributed by atoms with Crippen molar-refractivity contribution in [2.45, 2.75) is 6.54 Å². The SMILES string of the molecule is NNc1ccc(C(=O)NCc2cccc([N+](=O)[O-])c2)cc1. The van der Waals surface area contributed by atoms with Gasteiger partial charge in [-0.25, -0.2) is 0 Å². The van der Waals surface area contributed by atoms with Crippen LogP contribution in [0.1, 0.15) is 15.9 Å². The molecule has 7 heteroatoms. The number of nitrogens with two attached hydrogens (primary N) is 1. The Labute approximate surface area is 120 Å². The molecule has 0 heterocycles. The van der Waals surface area contributed by atoms with Crippen molar-refractivity contribution < 1.29 is 9.72 Å². The predicted octanol–water partition coefficient (Wildman–Crippen LogP) is 1.81. The Morgan fingerprint density at radius 2 is 1.90 bits per heavy atom. The second-order valence-electron chi connectivity index (χ2n) is 4.33. The average Bonchev–Trinajstić information content (AvgIpc) is 2.53. The van der Waals surface area contributed by atoms with E-state index in [4.69, 9.17) is 5.84 Å². The van der Waals surface area contributed by atoms with Crippen LogP contribution in [-0.4, -0.2) is 10.8 Å². The predicted molar refractivity (Wildman–Crippen MR) is 78.5 cm³/mol. The molecular formula is C14H14N4O3. The third-order valence-corrected chi connectivity index (χ3v) is 2.89. The van der Waals surface area contributed by atoms with E-state index in [1.165, 1.54) is 12.1 Å². The molecule has 0 aliphatic rings. The summed E-state index contributed by atoms with van der Waals surface area (Å²) >= 11 is 0. The Kier molecular flexibility index (Phi) is 4.47. The van der Waals surface area contributed by atoms with Gasteiger partial charge in [-0.15, -0.1) is 0 Å². The molecule has 0 saturated carbocycles. The van der Waals surface area contributed by atoms with E-state index in [1.807, 2.05) is 0 Å². The first kappa shape index (κ1) is 14.5. The number of nitro groups is 1. The molecule has 2 rings (SSSR count). The molecule has 21 heavy (non-hydrogen) atoms. The van der Waals surface area contributed by atoms with Gasteiger partial charge in [-0.2, -0.15) is 0 Å². The van der Waals surface area contributed by atoms with E-state index in [2.05, 4.69) is 10.7 Å². The molecule has 0 atom stereocenters. The van der Waals surface area contributed by atoms with Crippen molar-refractivity contribution >= 4 is 17.3 Å². The average molecular weight is 286 g/mol. The molecule has 0 aliphatic carbocycles. The van der Waals surface area contributed by atoms with Crippen LogP contribution < -0.4 is 16.6 Å². The van der Waals surface area contributed by atoms with Crippen molar-refractivity contribution in [3.05, 3.63) is 69.8 Å². The fraction of sp³-hybridized carbons (Fsp3) is 0.0714. The van der Waals surface area contributed by atoms with Crippen molar-refractivity contribution in [2.24, 2.45) is 5.84 Å². The van der Waals surface area contributed by atoms with E-state index in [0.29, 0.717) is 16.8 Å². The molecule has 4 N–H and O–H groups in total. The van der Waals surface area contributed by atoms with Crippen LogP contribution in [0.25, 0.3) is 0 Å². The minimum atomic E-state index is -0.468. The van der Waals surface area contributed by atoms with Gasteiger partial charge in [0.05, 0.1) is 4.92 Å². The van der Waals surface area contributed by atoms with E-state index in [0.717, 1.165) is 0 Å². The number of nitrogens with zero attached hydrogens (tertiary/aromatic N) is 1. The molecule has 0 bridgehead atoms. The van der Waals surface area contributed by atoms with Crippen LogP contribution in [0, 0.1) is 10.1 Å². The van der Waals surface area contributed by atoms with Crippen LogP contribution in [0.4, 0.5) is 11.4 Å². The van der Waals surface area contributed by atoms with E-state index in [9.17, 15) is 14.9 Å². The highest BCUT2D eigenvalue weighted by molar-refractivity contribution is 5.94. The van der Waals surface area contributed by atoms with Gasteiger partial charge in [0.15, 0.2) is 0 Å². The van der Waals surface area contributed by atoms with Crippen LogP contribution in [0.5, 0.6) is 0 Å². The van der Waals surface area contributed by atoms with Gasteiger partial charge in [0.2, 0.25) is 0 Å². The number of non-ortho nitro benzene ring substituents is 1. The first-order valence-corrected chi connectivity index (χ1v) is 6.18. The zero-order valence-corrected chi connectivity index (χ0v) is 11.1. The van der Waals surface area contributed by atoms with Crippen LogP contribution in [0.2, 0.25) is 0 Å². The summed E-state index contributed by atoms with van der Waals surface area (Å²) in [5.74, 6) is 4.98. The fourth-order valence-corrected chi connectivity index (χ4v) is 1.78. The highest BCUT2D eigenvalue weighted by Gasteiger charge is 2.08. The van der Waals surface area contributed by atoms with Crippen molar-refractivity contribution in [3.63, 3.8) is 0 Å². The monoisotopic (exact) mass is 286 g/mol. The smallest absolute Gasteiger partial charge is 0.269 e. The summed E-state index contributed by atoms with van der Waals surface area (Å²) in [5, 5.41) is 13.4. The van der Waals surface area contributed by atoms with E-state index >= 15 is 0 Å². The Morgan fingerprint density at radius 3 is 2.52 bits per heavy atom. The zero-order valence-electron chi connectivity index (χ0n) is 11.1. The molecule has 0 fully saturated rings. The molecule has 2 aromatic rings. The summed E-state index contributed by atoms with van der Waals surface area (Å²) in [4.78, 5) is 22.1. The molecule has 0 unspecified atom stereocenters.